The van der Waals surface area contributed by atoms with Crippen LogP contribution >= 0.6 is 0 Å². The molecule has 2 rings (SSSR count). The number of nitrogens with zero attached hydrogens (tertiary/aromatic N) is 1. The molecule has 2 atom stereocenters. The summed E-state index contributed by atoms with van der Waals surface area (Å²) >= 11 is 0. The summed E-state index contributed by atoms with van der Waals surface area (Å²) in [6, 6.07) is 5.90. The van der Waals surface area contributed by atoms with Crippen LogP contribution in [0.4, 0.5) is 4.79 Å². The number of aryl methyl sites for hydroxylation is 1. The highest BCUT2D eigenvalue weighted by atomic mass is 127. The minimum absolute atomic E-state index is 0. The van der Waals surface area contributed by atoms with Crippen molar-refractivity contribution in [2.45, 2.75) is 129 Å². The second kappa shape index (κ2) is 24.8. The van der Waals surface area contributed by atoms with Crippen molar-refractivity contribution >= 4 is 6.09 Å². The molecule has 1 fully saturated rings. The number of ether oxygens (including phenoxy) is 3. The van der Waals surface area contributed by atoms with Gasteiger partial charge in [0, 0.05) is 24.7 Å². The van der Waals surface area contributed by atoms with E-state index in [2.05, 4.69) is 12.2 Å². The third kappa shape index (κ3) is 18.9. The Morgan fingerprint density at radius 3 is 2.08 bits per heavy atom. The van der Waals surface area contributed by atoms with Gasteiger partial charge in [0.05, 0.1) is 25.9 Å². The Kier molecular flexibility index (Phi) is 23.0. The summed E-state index contributed by atoms with van der Waals surface area (Å²) in [7, 11) is 1.96. The molecule has 0 radical (unpaired) electrons. The van der Waals surface area contributed by atoms with E-state index < -0.39 is 0 Å². The molecule has 1 amide bonds. The molecular weight excluding hydrogens is 603 g/mol. The molecule has 1 N–H and O–H groups in total. The molecule has 0 bridgehead atoms. The van der Waals surface area contributed by atoms with Gasteiger partial charge in [-0.1, -0.05) is 109 Å². The van der Waals surface area contributed by atoms with Crippen LogP contribution in [0.5, 0.6) is 0 Å². The molecular formula is C32H57IN2O4. The molecule has 0 unspecified atom stereocenters. The van der Waals surface area contributed by atoms with Gasteiger partial charge in [-0.2, -0.15) is 0 Å². The van der Waals surface area contributed by atoms with Crippen molar-refractivity contribution in [2.75, 3.05) is 26.4 Å². The summed E-state index contributed by atoms with van der Waals surface area (Å²) in [5.74, 6) is 0.248. The predicted molar refractivity (Wildman–Crippen MR) is 154 cm³/mol. The van der Waals surface area contributed by atoms with E-state index in [1.807, 2.05) is 36.0 Å². The van der Waals surface area contributed by atoms with Crippen LogP contribution in [0.1, 0.15) is 122 Å². The lowest BCUT2D eigenvalue weighted by Gasteiger charge is -2.11. The second-order valence-electron chi connectivity index (χ2n) is 11.2. The fourth-order valence-electron chi connectivity index (χ4n) is 5.13. The molecule has 0 aliphatic carbocycles. The first-order valence-electron chi connectivity index (χ1n) is 15.7. The largest absolute Gasteiger partial charge is 1.00 e. The van der Waals surface area contributed by atoms with Gasteiger partial charge in [0.1, 0.15) is 13.6 Å². The summed E-state index contributed by atoms with van der Waals surface area (Å²) in [6.45, 7) is 5.23. The number of hydrogen-bond donors (Lipinski definition) is 1. The maximum Gasteiger partial charge on any atom is 0.407 e. The molecule has 226 valence electrons. The molecule has 0 saturated carbocycles. The van der Waals surface area contributed by atoms with Crippen LogP contribution in [-0.2, 0) is 27.8 Å². The van der Waals surface area contributed by atoms with Crippen LogP contribution in [-0.4, -0.2) is 38.6 Å². The average molecular weight is 661 g/mol. The number of rotatable bonds is 23. The molecule has 1 aliphatic heterocycles. The molecule has 0 spiro atoms. The van der Waals surface area contributed by atoms with E-state index in [-0.39, 0.29) is 42.1 Å². The highest BCUT2D eigenvalue weighted by Gasteiger charge is 2.26. The van der Waals surface area contributed by atoms with E-state index in [4.69, 9.17) is 14.2 Å². The molecule has 1 saturated heterocycles. The number of nitrogens with one attached hydrogen (secondary N) is 1. The third-order valence-corrected chi connectivity index (χ3v) is 7.64. The van der Waals surface area contributed by atoms with E-state index in [1.54, 1.807) is 0 Å². The SMILES string of the molecule is CCCCCCCCCCCCCCCCCCOC[C@H]1C[C@H](COC(=O)NCc2cccc[n+]2C)CO1.[I-]. The first-order chi connectivity index (χ1) is 18.7. The van der Waals surface area contributed by atoms with Crippen molar-refractivity contribution in [1.82, 2.24) is 5.32 Å². The van der Waals surface area contributed by atoms with E-state index in [1.165, 1.54) is 96.3 Å². The van der Waals surface area contributed by atoms with E-state index >= 15 is 0 Å². The van der Waals surface area contributed by atoms with Gasteiger partial charge in [0.15, 0.2) is 6.20 Å². The Morgan fingerprint density at radius 1 is 0.897 bits per heavy atom. The maximum absolute atomic E-state index is 12.0. The second-order valence-corrected chi connectivity index (χ2v) is 11.2. The minimum Gasteiger partial charge on any atom is -1.00 e. The number of pyridine rings is 1. The maximum atomic E-state index is 12.0. The van der Waals surface area contributed by atoms with E-state index in [0.717, 1.165) is 25.1 Å². The summed E-state index contributed by atoms with van der Waals surface area (Å²) in [6.07, 6.45) is 24.7. The lowest BCUT2D eigenvalue weighted by molar-refractivity contribution is -0.679. The summed E-state index contributed by atoms with van der Waals surface area (Å²) in [4.78, 5) is 12.0. The Hall–Kier alpha value is -0.930. The summed E-state index contributed by atoms with van der Waals surface area (Å²) in [5.41, 5.74) is 1.02. The first-order valence-corrected chi connectivity index (χ1v) is 15.7. The van der Waals surface area contributed by atoms with Gasteiger partial charge in [-0.3, -0.25) is 0 Å². The highest BCUT2D eigenvalue weighted by Crippen LogP contribution is 2.20. The van der Waals surface area contributed by atoms with Gasteiger partial charge in [-0.15, -0.1) is 0 Å². The van der Waals surface area contributed by atoms with Crippen LogP contribution in [0, 0.1) is 5.92 Å². The first kappa shape index (κ1) is 36.1. The molecule has 1 aromatic heterocycles. The molecule has 7 heteroatoms. The molecule has 0 aromatic carbocycles. The van der Waals surface area contributed by atoms with Gasteiger partial charge in [0.2, 0.25) is 5.69 Å². The number of carbonyl (C=O) groups excluding carboxylic acids is 1. The quantitative estimate of drug-likeness (QED) is 0.107. The fraction of sp³-hybridized carbons (Fsp3) is 0.812. The molecule has 1 aromatic rings. The standard InChI is InChI=1S/C32H56N2O4.HI/c1-3-4-5-6-7-8-9-10-11-12-13-14-15-16-17-20-23-36-28-31-24-29(26-37-31)27-38-32(35)33-25-30-21-18-19-22-34(30)2;/h18-19,21-22,29,31H,3-17,20,23-28H2,1-2H3;1H/t29-,31+;/m0./s1. The van der Waals surface area contributed by atoms with Crippen molar-refractivity contribution in [3.63, 3.8) is 0 Å². The van der Waals surface area contributed by atoms with Crippen LogP contribution in [0.15, 0.2) is 24.4 Å². The molecule has 1 aliphatic rings. The fourth-order valence-corrected chi connectivity index (χ4v) is 5.13. The monoisotopic (exact) mass is 660 g/mol. The Labute approximate surface area is 256 Å². The predicted octanol–water partition coefficient (Wildman–Crippen LogP) is 4.42. The van der Waals surface area contributed by atoms with Crippen molar-refractivity contribution in [3.05, 3.63) is 30.1 Å². The van der Waals surface area contributed by atoms with Crippen molar-refractivity contribution in [2.24, 2.45) is 13.0 Å². The minimum atomic E-state index is -0.378. The van der Waals surface area contributed by atoms with Crippen molar-refractivity contribution < 1.29 is 47.5 Å². The number of carbonyl (C=O) groups is 1. The highest BCUT2D eigenvalue weighted by molar-refractivity contribution is 5.67. The average Bonchev–Trinajstić information content (AvgIpc) is 3.38. The zero-order valence-electron chi connectivity index (χ0n) is 25.0. The third-order valence-electron chi connectivity index (χ3n) is 7.64. The summed E-state index contributed by atoms with van der Waals surface area (Å²) in [5, 5.41) is 2.82. The number of unbranched alkanes of at least 4 members (excludes halogenated alkanes) is 15. The van der Waals surface area contributed by atoms with Crippen LogP contribution in [0.2, 0.25) is 0 Å². The zero-order chi connectivity index (χ0) is 27.1. The van der Waals surface area contributed by atoms with Crippen molar-refractivity contribution in [3.8, 4) is 0 Å². The number of hydrogen-bond acceptors (Lipinski definition) is 4. The Balaban J connectivity index is 0.00000760. The lowest BCUT2D eigenvalue weighted by Crippen LogP contribution is -3.00. The topological polar surface area (TPSA) is 60.7 Å². The smallest absolute Gasteiger partial charge is 0.407 e. The van der Waals surface area contributed by atoms with Crippen molar-refractivity contribution in [1.29, 1.82) is 0 Å². The van der Waals surface area contributed by atoms with Gasteiger partial charge in [0.25, 0.3) is 0 Å². The normalized spacial score (nSPS) is 16.7. The van der Waals surface area contributed by atoms with Crippen LogP contribution in [0.25, 0.3) is 0 Å². The van der Waals surface area contributed by atoms with Crippen LogP contribution < -0.4 is 33.9 Å². The lowest BCUT2D eigenvalue weighted by atomic mass is 10.0. The van der Waals surface area contributed by atoms with Gasteiger partial charge >= 0.3 is 6.09 Å². The number of amides is 1. The van der Waals surface area contributed by atoms with Gasteiger partial charge < -0.3 is 43.5 Å². The summed E-state index contributed by atoms with van der Waals surface area (Å²) < 4.78 is 19.1. The Morgan fingerprint density at radius 2 is 1.49 bits per heavy atom. The van der Waals surface area contributed by atoms with E-state index in [0.29, 0.717) is 26.4 Å². The molecule has 2 heterocycles. The Bertz CT molecular complexity index is 721. The van der Waals surface area contributed by atoms with E-state index in [9.17, 15) is 4.79 Å². The van der Waals surface area contributed by atoms with Crippen LogP contribution in [0.3, 0.4) is 0 Å². The zero-order valence-corrected chi connectivity index (χ0v) is 27.1. The van der Waals surface area contributed by atoms with Gasteiger partial charge in [-0.05, 0) is 12.8 Å². The number of alkyl carbamates (subject to hydrolysis) is 1. The molecule has 39 heavy (non-hydrogen) atoms. The molecule has 6 nitrogen and oxygen atoms in total. The number of aromatic nitrogens is 1. The van der Waals surface area contributed by atoms with Gasteiger partial charge in [-0.25, -0.2) is 9.36 Å². The number of halogens is 1.